The fourth-order valence-electron chi connectivity index (χ4n) is 1.71. The molecule has 0 aliphatic rings. The summed E-state index contributed by atoms with van der Waals surface area (Å²) in [6, 6.07) is 7.60. The molecule has 116 valence electrons. The van der Waals surface area contributed by atoms with E-state index in [1.165, 1.54) is 5.56 Å². The fraction of sp³-hybridized carbons (Fsp3) is 0.467. The molecule has 1 rings (SSSR count). The zero-order chi connectivity index (χ0) is 15.8. The molecule has 0 aliphatic carbocycles. The summed E-state index contributed by atoms with van der Waals surface area (Å²) in [5, 5.41) is 22.7. The number of aliphatic hydroxyl groups is 1. The van der Waals surface area contributed by atoms with Crippen LogP contribution in [-0.4, -0.2) is 34.9 Å². The molecule has 0 heterocycles. The van der Waals surface area contributed by atoms with Gasteiger partial charge in [0.05, 0.1) is 0 Å². The molecule has 0 saturated heterocycles. The van der Waals surface area contributed by atoms with E-state index in [9.17, 15) is 9.59 Å². The van der Waals surface area contributed by atoms with Gasteiger partial charge in [-0.25, -0.2) is 9.59 Å². The molecule has 0 bridgehead atoms. The fourth-order valence-corrected chi connectivity index (χ4v) is 1.71. The first-order valence-electron chi connectivity index (χ1n) is 6.91. The van der Waals surface area contributed by atoms with Crippen LogP contribution in [0, 0.1) is 0 Å². The Morgan fingerprint density at radius 1 is 1.14 bits per heavy atom. The second-order valence-electron chi connectivity index (χ2n) is 5.15. The summed E-state index contributed by atoms with van der Waals surface area (Å²) in [4.78, 5) is 21.9. The second-order valence-corrected chi connectivity index (χ2v) is 5.15. The van der Waals surface area contributed by atoms with Crippen molar-refractivity contribution in [2.45, 2.75) is 38.8 Å². The lowest BCUT2D eigenvalue weighted by molar-refractivity contribution is -0.146. The molecule has 6 heteroatoms. The van der Waals surface area contributed by atoms with E-state index in [2.05, 4.69) is 24.5 Å². The third-order valence-corrected chi connectivity index (χ3v) is 3.09. The van der Waals surface area contributed by atoms with E-state index < -0.39 is 12.1 Å². The molecule has 0 saturated carbocycles. The molecule has 6 nitrogen and oxygen atoms in total. The number of carbonyl (C=O) groups excluding carboxylic acids is 1. The van der Waals surface area contributed by atoms with Crippen LogP contribution >= 0.6 is 0 Å². The van der Waals surface area contributed by atoms with Crippen LogP contribution < -0.4 is 10.6 Å². The van der Waals surface area contributed by atoms with Gasteiger partial charge in [-0.2, -0.15) is 0 Å². The van der Waals surface area contributed by atoms with Gasteiger partial charge >= 0.3 is 12.0 Å². The maximum atomic E-state index is 11.5. The van der Waals surface area contributed by atoms with Crippen molar-refractivity contribution in [2.24, 2.45) is 0 Å². The van der Waals surface area contributed by atoms with Crippen LogP contribution in [0.2, 0.25) is 0 Å². The summed E-state index contributed by atoms with van der Waals surface area (Å²) in [6.45, 7) is 4.73. The van der Waals surface area contributed by atoms with Crippen molar-refractivity contribution >= 4 is 12.0 Å². The van der Waals surface area contributed by atoms with E-state index in [0.717, 1.165) is 5.56 Å². The maximum Gasteiger partial charge on any atom is 0.332 e. The highest BCUT2D eigenvalue weighted by Crippen LogP contribution is 2.14. The number of aliphatic carboxylic acids is 1. The first kappa shape index (κ1) is 17.0. The first-order chi connectivity index (χ1) is 9.90. The van der Waals surface area contributed by atoms with E-state index in [4.69, 9.17) is 10.2 Å². The Kier molecular flexibility index (Phi) is 6.68. The first-order valence-corrected chi connectivity index (χ1v) is 6.91. The van der Waals surface area contributed by atoms with Gasteiger partial charge in [-0.1, -0.05) is 38.1 Å². The molecule has 0 fully saturated rings. The predicted molar refractivity (Wildman–Crippen MR) is 79.0 cm³/mol. The molecule has 1 aromatic rings. The van der Waals surface area contributed by atoms with Gasteiger partial charge in [-0.15, -0.1) is 0 Å². The second kappa shape index (κ2) is 8.26. The zero-order valence-corrected chi connectivity index (χ0v) is 12.3. The van der Waals surface area contributed by atoms with Crippen molar-refractivity contribution in [3.05, 3.63) is 35.4 Å². The SMILES string of the molecule is CC(C)c1ccc(CNC(=O)NCC[C@H](O)C(=O)O)cc1. The highest BCUT2D eigenvalue weighted by Gasteiger charge is 2.12. The van der Waals surface area contributed by atoms with Crippen LogP contribution in [0.1, 0.15) is 37.3 Å². The third-order valence-electron chi connectivity index (χ3n) is 3.09. The summed E-state index contributed by atoms with van der Waals surface area (Å²) < 4.78 is 0. The number of nitrogens with one attached hydrogen (secondary N) is 2. The Balaban J connectivity index is 2.28. The van der Waals surface area contributed by atoms with Crippen LogP contribution in [0.25, 0.3) is 0 Å². The summed E-state index contributed by atoms with van der Waals surface area (Å²) in [7, 11) is 0. The van der Waals surface area contributed by atoms with Crippen LogP contribution in [0.5, 0.6) is 0 Å². The number of amides is 2. The lowest BCUT2D eigenvalue weighted by Gasteiger charge is -2.10. The third kappa shape index (κ3) is 6.27. The topological polar surface area (TPSA) is 98.7 Å². The van der Waals surface area contributed by atoms with Crippen molar-refractivity contribution in [2.75, 3.05) is 6.54 Å². The van der Waals surface area contributed by atoms with Crippen molar-refractivity contribution in [3.8, 4) is 0 Å². The minimum Gasteiger partial charge on any atom is -0.479 e. The van der Waals surface area contributed by atoms with Crippen LogP contribution in [-0.2, 0) is 11.3 Å². The minimum atomic E-state index is -1.45. The van der Waals surface area contributed by atoms with Gasteiger partial charge in [0, 0.05) is 19.5 Å². The summed E-state index contributed by atoms with van der Waals surface area (Å²) in [6.07, 6.45) is -1.47. The average Bonchev–Trinajstić information content (AvgIpc) is 2.45. The number of benzene rings is 1. The average molecular weight is 294 g/mol. The van der Waals surface area contributed by atoms with E-state index in [0.29, 0.717) is 12.5 Å². The lowest BCUT2D eigenvalue weighted by Crippen LogP contribution is -2.37. The van der Waals surface area contributed by atoms with E-state index in [1.54, 1.807) is 0 Å². The van der Waals surface area contributed by atoms with E-state index in [1.807, 2.05) is 24.3 Å². The van der Waals surface area contributed by atoms with Crippen LogP contribution in [0.4, 0.5) is 4.79 Å². The molecule has 1 aromatic carbocycles. The molecule has 21 heavy (non-hydrogen) atoms. The number of carboxylic acids is 1. The molecule has 0 aromatic heterocycles. The van der Waals surface area contributed by atoms with Crippen molar-refractivity contribution in [3.63, 3.8) is 0 Å². The zero-order valence-electron chi connectivity index (χ0n) is 12.3. The molecule has 0 aliphatic heterocycles. The highest BCUT2D eigenvalue weighted by atomic mass is 16.4. The monoisotopic (exact) mass is 294 g/mol. The number of carboxylic acid groups (broad SMARTS) is 1. The minimum absolute atomic E-state index is 0.0220. The number of hydrogen-bond donors (Lipinski definition) is 4. The van der Waals surface area contributed by atoms with Crippen molar-refractivity contribution < 1.29 is 19.8 Å². The molecule has 4 N–H and O–H groups in total. The normalized spacial score (nSPS) is 12.0. The molecule has 2 amide bonds. The number of hydrogen-bond acceptors (Lipinski definition) is 3. The summed E-state index contributed by atoms with van der Waals surface area (Å²) in [5.41, 5.74) is 2.23. The van der Waals surface area contributed by atoms with Crippen molar-refractivity contribution in [1.29, 1.82) is 0 Å². The number of rotatable bonds is 7. The smallest absolute Gasteiger partial charge is 0.332 e. The van der Waals surface area contributed by atoms with E-state index >= 15 is 0 Å². The van der Waals surface area contributed by atoms with Gasteiger partial charge < -0.3 is 20.8 Å². The lowest BCUT2D eigenvalue weighted by atomic mass is 10.0. The van der Waals surface area contributed by atoms with Gasteiger partial charge in [0.25, 0.3) is 0 Å². The number of aliphatic hydroxyl groups excluding tert-OH is 1. The molecule has 0 radical (unpaired) electrons. The van der Waals surface area contributed by atoms with Crippen LogP contribution in [0.3, 0.4) is 0 Å². The van der Waals surface area contributed by atoms with Gasteiger partial charge in [-0.3, -0.25) is 0 Å². The Hall–Kier alpha value is -2.08. The van der Waals surface area contributed by atoms with Gasteiger partial charge in [0.1, 0.15) is 0 Å². The Labute approximate surface area is 124 Å². The molecule has 0 spiro atoms. The Morgan fingerprint density at radius 2 is 1.76 bits per heavy atom. The van der Waals surface area contributed by atoms with Crippen molar-refractivity contribution in [1.82, 2.24) is 10.6 Å². The van der Waals surface area contributed by atoms with Gasteiger partial charge in [0.15, 0.2) is 6.10 Å². The highest BCUT2D eigenvalue weighted by molar-refractivity contribution is 5.74. The van der Waals surface area contributed by atoms with Crippen LogP contribution in [0.15, 0.2) is 24.3 Å². The predicted octanol–water partition coefficient (Wildman–Crippen LogP) is 1.44. The quantitative estimate of drug-likeness (QED) is 0.611. The molecular formula is C15H22N2O4. The van der Waals surface area contributed by atoms with E-state index in [-0.39, 0.29) is 19.0 Å². The number of urea groups is 1. The number of carbonyl (C=O) groups is 2. The summed E-state index contributed by atoms with van der Waals surface area (Å²) >= 11 is 0. The largest absolute Gasteiger partial charge is 0.479 e. The summed E-state index contributed by atoms with van der Waals surface area (Å²) in [5.74, 6) is -0.821. The Morgan fingerprint density at radius 3 is 2.29 bits per heavy atom. The molecular weight excluding hydrogens is 272 g/mol. The molecule has 0 unspecified atom stereocenters. The maximum absolute atomic E-state index is 11.5. The van der Waals surface area contributed by atoms with Gasteiger partial charge in [-0.05, 0) is 17.0 Å². The Bertz CT molecular complexity index is 471. The van der Waals surface area contributed by atoms with Gasteiger partial charge in [0.2, 0.25) is 0 Å². The molecule has 1 atom stereocenters. The standard InChI is InChI=1S/C15H22N2O4/c1-10(2)12-5-3-11(4-6-12)9-17-15(21)16-8-7-13(18)14(19)20/h3-6,10,13,18H,7-9H2,1-2H3,(H,19,20)(H2,16,17,21)/t13-/m0/s1.